The molecule has 1 aromatic rings. The van der Waals surface area contributed by atoms with E-state index in [1.54, 1.807) is 23.1 Å². The van der Waals surface area contributed by atoms with Crippen molar-refractivity contribution in [2.75, 3.05) is 59.7 Å². The lowest BCUT2D eigenvalue weighted by atomic mass is 9.88. The molecule has 1 saturated heterocycles. The van der Waals surface area contributed by atoms with Gasteiger partial charge in [-0.2, -0.15) is 0 Å². The largest absolute Gasteiger partial charge is 0.493 e. The molecule has 1 heterocycles. The molecule has 39 heavy (non-hydrogen) atoms. The Morgan fingerprint density at radius 3 is 2.64 bits per heavy atom. The average Bonchev–Trinajstić information content (AvgIpc) is 2.94. The van der Waals surface area contributed by atoms with Crippen LogP contribution in [0.4, 0.5) is 0 Å². The van der Waals surface area contributed by atoms with E-state index in [1.807, 2.05) is 6.92 Å². The lowest BCUT2D eigenvalue weighted by Crippen LogP contribution is -2.56. The molecule has 3 rings (SSSR count). The van der Waals surface area contributed by atoms with Gasteiger partial charge in [-0.3, -0.25) is 14.5 Å². The van der Waals surface area contributed by atoms with Crippen LogP contribution in [0.2, 0.25) is 0 Å². The number of ether oxygens (including phenoxy) is 3. The number of carbonyl (C=O) groups excluding carboxylic acids is 2. The Balaban J connectivity index is 1.94. The van der Waals surface area contributed by atoms with Crippen LogP contribution in [0.1, 0.15) is 31.7 Å². The van der Waals surface area contributed by atoms with Gasteiger partial charge in [-0.1, -0.05) is 6.92 Å². The van der Waals surface area contributed by atoms with Crippen LogP contribution < -0.4 is 14.8 Å². The van der Waals surface area contributed by atoms with Crippen molar-refractivity contribution < 1.29 is 39.1 Å². The van der Waals surface area contributed by atoms with Gasteiger partial charge < -0.3 is 39.7 Å². The van der Waals surface area contributed by atoms with Gasteiger partial charge in [0.2, 0.25) is 11.8 Å². The summed E-state index contributed by atoms with van der Waals surface area (Å²) in [5.41, 5.74) is 1.01. The second-order valence-electron chi connectivity index (χ2n) is 9.57. The van der Waals surface area contributed by atoms with E-state index in [-0.39, 0.29) is 38.0 Å². The van der Waals surface area contributed by atoms with Gasteiger partial charge in [-0.25, -0.2) is 0 Å². The lowest BCUT2D eigenvalue weighted by Gasteiger charge is -2.41. The first-order chi connectivity index (χ1) is 18.8. The van der Waals surface area contributed by atoms with Crippen molar-refractivity contribution in [3.63, 3.8) is 0 Å². The number of nitrogens with zero attached hydrogens (tertiary/aromatic N) is 2. The van der Waals surface area contributed by atoms with Gasteiger partial charge in [0, 0.05) is 51.1 Å². The molecule has 1 aromatic carbocycles. The predicted octanol–water partition coefficient (Wildman–Crippen LogP) is 0.669. The van der Waals surface area contributed by atoms with Crippen LogP contribution in [0.15, 0.2) is 23.8 Å². The van der Waals surface area contributed by atoms with Crippen LogP contribution in [0.5, 0.6) is 11.5 Å². The number of morpholine rings is 1. The molecule has 2 aliphatic rings. The number of methoxy groups -OCH3 is 1. The topological polar surface area (TPSA) is 141 Å². The average molecular weight is 662 g/mol. The molecule has 2 amide bonds. The van der Waals surface area contributed by atoms with Gasteiger partial charge in [-0.05, 0) is 52.8 Å². The monoisotopic (exact) mass is 661 g/mol. The molecule has 12 heteroatoms. The second kappa shape index (κ2) is 15.7. The summed E-state index contributed by atoms with van der Waals surface area (Å²) >= 11 is 2.07. The van der Waals surface area contributed by atoms with E-state index in [4.69, 9.17) is 14.2 Å². The summed E-state index contributed by atoms with van der Waals surface area (Å²) in [6.45, 7) is 5.46. The van der Waals surface area contributed by atoms with Crippen LogP contribution in [-0.4, -0.2) is 115 Å². The smallest absolute Gasteiger partial charge is 0.247 e. The maximum absolute atomic E-state index is 13.3. The Kier molecular flexibility index (Phi) is 12.7. The number of aliphatic hydroxyl groups is 3. The van der Waals surface area contributed by atoms with Gasteiger partial charge in [0.25, 0.3) is 0 Å². The zero-order chi connectivity index (χ0) is 28.4. The highest BCUT2D eigenvalue weighted by Crippen LogP contribution is 2.37. The minimum Gasteiger partial charge on any atom is -0.493 e. The van der Waals surface area contributed by atoms with E-state index >= 15 is 0 Å². The molecule has 0 radical (unpaired) electrons. The van der Waals surface area contributed by atoms with E-state index in [1.165, 1.54) is 7.11 Å². The lowest BCUT2D eigenvalue weighted by molar-refractivity contribution is -0.139. The minimum absolute atomic E-state index is 0.0821. The van der Waals surface area contributed by atoms with E-state index < -0.39 is 18.2 Å². The van der Waals surface area contributed by atoms with Crippen LogP contribution in [-0.2, 0) is 20.9 Å². The maximum atomic E-state index is 13.3. The van der Waals surface area contributed by atoms with E-state index in [9.17, 15) is 24.9 Å². The maximum Gasteiger partial charge on any atom is 0.247 e. The van der Waals surface area contributed by atoms with Crippen molar-refractivity contribution in [2.24, 2.45) is 0 Å². The summed E-state index contributed by atoms with van der Waals surface area (Å²) < 4.78 is 17.9. The number of hydrogen-bond donors (Lipinski definition) is 4. The number of rotatable bonds is 13. The van der Waals surface area contributed by atoms with Gasteiger partial charge in [0.15, 0.2) is 11.5 Å². The first-order valence-corrected chi connectivity index (χ1v) is 14.4. The zero-order valence-corrected chi connectivity index (χ0v) is 24.8. The molecule has 3 atom stereocenters. The highest BCUT2D eigenvalue weighted by molar-refractivity contribution is 14.1. The fraction of sp³-hybridized carbons (Fsp3) is 0.630. The number of amides is 2. The van der Waals surface area contributed by atoms with Crippen molar-refractivity contribution in [3.05, 3.63) is 32.9 Å². The molecule has 218 valence electrons. The van der Waals surface area contributed by atoms with Gasteiger partial charge in [0.1, 0.15) is 12.2 Å². The molecule has 4 N–H and O–H groups in total. The number of benzene rings is 1. The zero-order valence-electron chi connectivity index (χ0n) is 22.6. The Hall–Kier alpha value is -1.97. The number of halogens is 1. The van der Waals surface area contributed by atoms with Gasteiger partial charge in [0.05, 0.1) is 43.1 Å². The summed E-state index contributed by atoms with van der Waals surface area (Å²) in [7, 11) is 1.49. The summed E-state index contributed by atoms with van der Waals surface area (Å²) in [6.07, 6.45) is 0.621. The molecular weight excluding hydrogens is 621 g/mol. The quantitative estimate of drug-likeness (QED) is 0.225. The molecule has 0 aromatic heterocycles. The summed E-state index contributed by atoms with van der Waals surface area (Å²) in [6, 6.07) is 2.71. The fourth-order valence-electron chi connectivity index (χ4n) is 4.80. The van der Waals surface area contributed by atoms with Crippen LogP contribution in [0.3, 0.4) is 0 Å². The van der Waals surface area contributed by atoms with E-state index in [0.29, 0.717) is 65.4 Å². The number of aliphatic hydroxyl groups excluding tert-OH is 3. The minimum atomic E-state index is -1.12. The van der Waals surface area contributed by atoms with Crippen LogP contribution in [0.25, 0.3) is 0 Å². The van der Waals surface area contributed by atoms with Crippen molar-refractivity contribution in [3.8, 4) is 11.5 Å². The van der Waals surface area contributed by atoms with E-state index in [0.717, 1.165) is 13.1 Å². The summed E-state index contributed by atoms with van der Waals surface area (Å²) in [5.74, 6) is 0.269. The highest BCUT2D eigenvalue weighted by Gasteiger charge is 2.40. The Labute approximate surface area is 243 Å². The number of carbonyl (C=O) groups is 2. The first-order valence-electron chi connectivity index (χ1n) is 13.3. The Morgan fingerprint density at radius 1 is 1.26 bits per heavy atom. The Morgan fingerprint density at radius 2 is 2.00 bits per heavy atom. The third-order valence-corrected chi connectivity index (χ3v) is 7.69. The normalized spacial score (nSPS) is 21.7. The molecular formula is C27H40IN3O8. The first kappa shape index (κ1) is 31.6. The van der Waals surface area contributed by atoms with Crippen molar-refractivity contribution in [2.45, 2.75) is 51.0 Å². The summed E-state index contributed by atoms with van der Waals surface area (Å²) in [5, 5.41) is 33.0. The van der Waals surface area contributed by atoms with Gasteiger partial charge >= 0.3 is 0 Å². The molecule has 0 unspecified atom stereocenters. The van der Waals surface area contributed by atoms with Crippen molar-refractivity contribution in [1.29, 1.82) is 0 Å². The molecule has 0 saturated carbocycles. The second-order valence-corrected chi connectivity index (χ2v) is 10.7. The fourth-order valence-corrected chi connectivity index (χ4v) is 5.59. The van der Waals surface area contributed by atoms with Crippen LogP contribution in [0, 0.1) is 3.57 Å². The predicted molar refractivity (Wildman–Crippen MR) is 153 cm³/mol. The van der Waals surface area contributed by atoms with E-state index in [2.05, 4.69) is 32.8 Å². The summed E-state index contributed by atoms with van der Waals surface area (Å²) in [4.78, 5) is 30.2. The third kappa shape index (κ3) is 8.51. The molecule has 1 aliphatic carbocycles. The van der Waals surface area contributed by atoms with Crippen LogP contribution >= 0.6 is 22.6 Å². The molecule has 1 aliphatic heterocycles. The highest BCUT2D eigenvalue weighted by atomic mass is 127. The molecule has 0 spiro atoms. The van der Waals surface area contributed by atoms with Gasteiger partial charge in [-0.15, -0.1) is 0 Å². The standard InChI is InChI=1S/C27H40IN3O8/c1-3-4-24(34)31(7-6-30-8-11-38-12-9-30)21-15-19(27(36)29-5-10-32)16-22(25(21)35)39-26-20(28)13-18(17-33)14-23(26)37-2/h13-14,16,21-22,25,32-33,35H,3-12,15,17H2,1-2H3,(H,29,36)/t21-,22+,25+/m1/s1. The molecule has 1 fully saturated rings. The van der Waals surface area contributed by atoms with Crippen molar-refractivity contribution >= 4 is 34.4 Å². The van der Waals surface area contributed by atoms with Crippen molar-refractivity contribution in [1.82, 2.24) is 15.1 Å². The SMILES string of the molecule is CCCC(=O)N(CCN1CCOCC1)[C@@H]1CC(C(=O)NCCO)=C[C@H](Oc2c(I)cc(CO)cc2OC)[C@H]1O. The number of hydrogen-bond acceptors (Lipinski definition) is 9. The third-order valence-electron chi connectivity index (χ3n) is 6.89. The molecule has 0 bridgehead atoms. The number of nitrogens with one attached hydrogen (secondary N) is 1. The molecule has 11 nitrogen and oxygen atoms in total. The Bertz CT molecular complexity index is 1000.